The predicted octanol–water partition coefficient (Wildman–Crippen LogP) is 5.91. The van der Waals surface area contributed by atoms with Gasteiger partial charge in [-0.25, -0.2) is 4.79 Å². The second-order valence-electron chi connectivity index (χ2n) is 6.90. The van der Waals surface area contributed by atoms with Crippen molar-refractivity contribution >= 4 is 52.2 Å². The summed E-state index contributed by atoms with van der Waals surface area (Å²) in [5.74, 6) is -0.647. The normalized spacial score (nSPS) is 10.7. The van der Waals surface area contributed by atoms with Crippen LogP contribution in [0.4, 0.5) is 5.69 Å². The SMILES string of the molecule is CC(=O)CCCOCCOCCOC(=O)c1cc(Oc2c(Cl)cc(Cl)cc2Cl)ccc1[N+](=O)[O-]. The quantitative estimate of drug-likeness (QED) is 0.127. The molecule has 0 fully saturated rings. The van der Waals surface area contributed by atoms with Crippen molar-refractivity contribution in [3.63, 3.8) is 0 Å². The minimum absolute atomic E-state index is 0.0719. The van der Waals surface area contributed by atoms with Crippen LogP contribution in [0.1, 0.15) is 30.1 Å². The highest BCUT2D eigenvalue weighted by atomic mass is 35.5. The van der Waals surface area contributed by atoms with Crippen LogP contribution in [0.15, 0.2) is 30.3 Å². The van der Waals surface area contributed by atoms with Crippen LogP contribution in [0, 0.1) is 10.1 Å². The number of nitro groups is 1. The van der Waals surface area contributed by atoms with Crippen molar-refractivity contribution in [2.45, 2.75) is 19.8 Å². The highest BCUT2D eigenvalue weighted by Crippen LogP contribution is 2.39. The Labute approximate surface area is 210 Å². The van der Waals surface area contributed by atoms with Gasteiger partial charge in [-0.05, 0) is 31.5 Å². The number of halogens is 3. The lowest BCUT2D eigenvalue weighted by atomic mass is 10.1. The van der Waals surface area contributed by atoms with E-state index in [1.165, 1.54) is 25.1 Å². The third-order valence-electron chi connectivity index (χ3n) is 4.22. The average Bonchev–Trinajstić information content (AvgIpc) is 2.76. The third-order valence-corrected chi connectivity index (χ3v) is 5.00. The standard InChI is InChI=1S/C22H22Cl3NO8/c1-14(27)3-2-6-31-7-8-32-9-10-33-22(28)17-13-16(4-5-20(17)26(29)30)34-21-18(24)11-15(23)12-19(21)25/h4-5,11-13H,2-3,6-10H2,1H3. The molecule has 0 atom stereocenters. The zero-order valence-electron chi connectivity index (χ0n) is 18.2. The van der Waals surface area contributed by atoms with Gasteiger partial charge in [0.05, 0.1) is 34.8 Å². The van der Waals surface area contributed by atoms with Gasteiger partial charge in [0.15, 0.2) is 5.75 Å². The summed E-state index contributed by atoms with van der Waals surface area (Å²) in [5.41, 5.74) is -0.761. The monoisotopic (exact) mass is 533 g/mol. The van der Waals surface area contributed by atoms with Gasteiger partial charge >= 0.3 is 5.97 Å². The van der Waals surface area contributed by atoms with Crippen molar-refractivity contribution in [1.29, 1.82) is 0 Å². The average molecular weight is 535 g/mol. The molecule has 0 aliphatic heterocycles. The van der Waals surface area contributed by atoms with Crippen LogP contribution in [-0.4, -0.2) is 49.7 Å². The fraction of sp³-hybridized carbons (Fsp3) is 0.364. The summed E-state index contributed by atoms with van der Waals surface area (Å²) < 4.78 is 21.3. The number of ether oxygens (including phenoxy) is 4. The Hall–Kier alpha value is -2.43. The molecular weight excluding hydrogens is 513 g/mol. The number of carbonyl (C=O) groups is 2. The van der Waals surface area contributed by atoms with E-state index in [9.17, 15) is 19.7 Å². The molecule has 0 N–H and O–H groups in total. The molecule has 2 aromatic rings. The molecule has 0 unspecified atom stereocenters. The molecule has 9 nitrogen and oxygen atoms in total. The van der Waals surface area contributed by atoms with E-state index in [2.05, 4.69) is 0 Å². The second-order valence-corrected chi connectivity index (χ2v) is 8.15. The molecule has 0 heterocycles. The van der Waals surface area contributed by atoms with Gasteiger partial charge in [0, 0.05) is 30.2 Å². The largest absolute Gasteiger partial charge is 0.459 e. The van der Waals surface area contributed by atoms with E-state index in [-0.39, 0.29) is 52.7 Å². The molecule has 0 amide bonds. The van der Waals surface area contributed by atoms with Gasteiger partial charge in [0.2, 0.25) is 0 Å². The number of benzene rings is 2. The van der Waals surface area contributed by atoms with Crippen LogP contribution >= 0.6 is 34.8 Å². The Morgan fingerprint density at radius 1 is 0.941 bits per heavy atom. The maximum absolute atomic E-state index is 12.5. The summed E-state index contributed by atoms with van der Waals surface area (Å²) in [4.78, 5) is 33.9. The number of carbonyl (C=O) groups excluding carboxylic acids is 2. The Morgan fingerprint density at radius 3 is 2.18 bits per heavy atom. The molecule has 0 saturated heterocycles. The summed E-state index contributed by atoms with van der Waals surface area (Å²) in [5, 5.41) is 11.9. The highest BCUT2D eigenvalue weighted by molar-refractivity contribution is 6.40. The number of hydrogen-bond acceptors (Lipinski definition) is 8. The van der Waals surface area contributed by atoms with Gasteiger partial charge in [-0.3, -0.25) is 10.1 Å². The van der Waals surface area contributed by atoms with E-state index >= 15 is 0 Å². The van der Waals surface area contributed by atoms with E-state index in [0.29, 0.717) is 31.1 Å². The van der Waals surface area contributed by atoms with E-state index < -0.39 is 16.6 Å². The first-order valence-electron chi connectivity index (χ1n) is 10.1. The maximum atomic E-state index is 12.5. The summed E-state index contributed by atoms with van der Waals surface area (Å²) >= 11 is 18.1. The number of esters is 1. The van der Waals surface area contributed by atoms with Crippen molar-refractivity contribution in [2.24, 2.45) is 0 Å². The van der Waals surface area contributed by atoms with Crippen LogP contribution in [0.25, 0.3) is 0 Å². The van der Waals surface area contributed by atoms with Gasteiger partial charge in [0.25, 0.3) is 5.69 Å². The highest BCUT2D eigenvalue weighted by Gasteiger charge is 2.23. The first-order valence-corrected chi connectivity index (χ1v) is 11.2. The van der Waals surface area contributed by atoms with Crippen molar-refractivity contribution in [1.82, 2.24) is 0 Å². The van der Waals surface area contributed by atoms with Gasteiger partial charge in [-0.15, -0.1) is 0 Å². The second kappa shape index (κ2) is 14.1. The van der Waals surface area contributed by atoms with Crippen LogP contribution in [0.5, 0.6) is 11.5 Å². The number of nitro benzene ring substituents is 1. The lowest BCUT2D eigenvalue weighted by molar-refractivity contribution is -0.385. The van der Waals surface area contributed by atoms with Gasteiger partial charge in [0.1, 0.15) is 23.7 Å². The summed E-state index contributed by atoms with van der Waals surface area (Å²) in [7, 11) is 0. The topological polar surface area (TPSA) is 114 Å². The van der Waals surface area contributed by atoms with Crippen molar-refractivity contribution in [3.05, 3.63) is 61.1 Å². The number of rotatable bonds is 14. The van der Waals surface area contributed by atoms with E-state index in [4.69, 9.17) is 53.8 Å². The molecule has 34 heavy (non-hydrogen) atoms. The van der Waals surface area contributed by atoms with Crippen molar-refractivity contribution in [3.8, 4) is 11.5 Å². The number of hydrogen-bond donors (Lipinski definition) is 0. The van der Waals surface area contributed by atoms with E-state index in [1.807, 2.05) is 0 Å². The van der Waals surface area contributed by atoms with Crippen LogP contribution in [0.2, 0.25) is 15.1 Å². The molecule has 0 radical (unpaired) electrons. The third kappa shape index (κ3) is 9.08. The van der Waals surface area contributed by atoms with Crippen LogP contribution in [0.3, 0.4) is 0 Å². The van der Waals surface area contributed by atoms with Gasteiger partial charge in [-0.1, -0.05) is 34.8 Å². The number of ketones is 1. The molecule has 0 spiro atoms. The van der Waals surface area contributed by atoms with Crippen LogP contribution < -0.4 is 4.74 Å². The molecule has 2 aromatic carbocycles. The molecule has 12 heteroatoms. The van der Waals surface area contributed by atoms with Crippen molar-refractivity contribution < 1.29 is 33.5 Å². The zero-order valence-corrected chi connectivity index (χ0v) is 20.5. The summed E-state index contributed by atoms with van der Waals surface area (Å²) in [6, 6.07) is 6.42. The Bertz CT molecular complexity index is 1010. The minimum Gasteiger partial charge on any atom is -0.459 e. The van der Waals surface area contributed by atoms with E-state index in [0.717, 1.165) is 12.1 Å². The van der Waals surface area contributed by atoms with Crippen LogP contribution in [-0.2, 0) is 19.0 Å². The smallest absolute Gasteiger partial charge is 0.345 e. The molecule has 184 valence electrons. The minimum atomic E-state index is -0.922. The predicted molar refractivity (Wildman–Crippen MR) is 126 cm³/mol. The lowest BCUT2D eigenvalue weighted by Crippen LogP contribution is -2.14. The maximum Gasteiger partial charge on any atom is 0.345 e. The Morgan fingerprint density at radius 2 is 1.56 bits per heavy atom. The lowest BCUT2D eigenvalue weighted by Gasteiger charge is -2.11. The van der Waals surface area contributed by atoms with Gasteiger partial charge in [-0.2, -0.15) is 0 Å². The number of Topliss-reactive ketones (excluding diaryl/α,β-unsaturated/α-hetero) is 1. The molecule has 0 aliphatic carbocycles. The fourth-order valence-corrected chi connectivity index (χ4v) is 3.56. The first kappa shape index (κ1) is 27.8. The fourth-order valence-electron chi connectivity index (χ4n) is 2.66. The first-order chi connectivity index (χ1) is 16.2. The Balaban J connectivity index is 1.90. The molecule has 0 aliphatic rings. The van der Waals surface area contributed by atoms with E-state index in [1.54, 1.807) is 0 Å². The summed E-state index contributed by atoms with van der Waals surface area (Å²) in [6.45, 7) is 2.51. The Kier molecular flexibility index (Phi) is 11.5. The molecule has 0 bridgehead atoms. The van der Waals surface area contributed by atoms with Crippen molar-refractivity contribution in [2.75, 3.05) is 33.0 Å². The molecular formula is C22H22Cl3NO8. The molecule has 0 aromatic heterocycles. The molecule has 2 rings (SSSR count). The zero-order chi connectivity index (χ0) is 25.1. The molecule has 0 saturated carbocycles. The summed E-state index contributed by atoms with van der Waals surface area (Å²) in [6.07, 6.45) is 1.11. The van der Waals surface area contributed by atoms with Gasteiger partial charge < -0.3 is 23.7 Å². The number of nitrogens with zero attached hydrogens (tertiary/aromatic N) is 1.